The maximum absolute atomic E-state index is 12.3. The summed E-state index contributed by atoms with van der Waals surface area (Å²) in [5, 5.41) is 12.4. The smallest absolute Gasteiger partial charge is 0.258 e. The second-order valence-electron chi connectivity index (χ2n) is 7.66. The highest BCUT2D eigenvalue weighted by atomic mass is 32.2. The Morgan fingerprint density at radius 2 is 1.79 bits per heavy atom. The van der Waals surface area contributed by atoms with E-state index in [0.717, 1.165) is 22.3 Å². The molecule has 5 aromatic rings. The van der Waals surface area contributed by atoms with E-state index in [-0.39, 0.29) is 5.56 Å². The number of benzene rings is 3. The first-order valence-electron chi connectivity index (χ1n) is 10.8. The maximum atomic E-state index is 12.3. The van der Waals surface area contributed by atoms with Crippen molar-refractivity contribution in [2.45, 2.75) is 37.9 Å². The van der Waals surface area contributed by atoms with Gasteiger partial charge >= 0.3 is 0 Å². The fraction of sp³-hybridized carbons (Fsp3) is 0.200. The molecule has 0 atom stereocenters. The lowest BCUT2D eigenvalue weighted by Gasteiger charge is -2.12. The maximum Gasteiger partial charge on any atom is 0.258 e. The van der Waals surface area contributed by atoms with Crippen LogP contribution in [-0.2, 0) is 18.9 Å². The van der Waals surface area contributed by atoms with Crippen LogP contribution in [0.4, 0.5) is 0 Å². The van der Waals surface area contributed by atoms with Gasteiger partial charge in [-0.05, 0) is 48.4 Å². The molecule has 2 aromatic heterocycles. The van der Waals surface area contributed by atoms with E-state index in [4.69, 9.17) is 4.74 Å². The van der Waals surface area contributed by atoms with E-state index in [1.807, 2.05) is 47.9 Å². The molecule has 2 heterocycles. The normalized spacial score (nSPS) is 11.3. The number of H-pyrrole nitrogens is 1. The predicted octanol–water partition coefficient (Wildman–Crippen LogP) is 4.87. The van der Waals surface area contributed by atoms with Gasteiger partial charge in [-0.25, -0.2) is 4.98 Å². The van der Waals surface area contributed by atoms with Gasteiger partial charge < -0.3 is 14.3 Å². The molecule has 0 radical (unpaired) electrons. The number of nitrogens with zero attached hydrogens (tertiary/aromatic N) is 4. The molecule has 0 aliphatic carbocycles. The van der Waals surface area contributed by atoms with Crippen molar-refractivity contribution in [3.05, 3.63) is 88.2 Å². The van der Waals surface area contributed by atoms with Gasteiger partial charge in [-0.3, -0.25) is 4.79 Å². The summed E-state index contributed by atoms with van der Waals surface area (Å²) in [5.41, 5.74) is 1.67. The molecule has 0 unspecified atom stereocenters. The first-order chi connectivity index (χ1) is 16.1. The number of ether oxygens (including phenoxy) is 1. The van der Waals surface area contributed by atoms with Gasteiger partial charge in [0.05, 0.1) is 16.7 Å². The van der Waals surface area contributed by atoms with Crippen molar-refractivity contribution in [1.82, 2.24) is 24.7 Å². The number of nitrogens with one attached hydrogen (secondary N) is 1. The Hall–Kier alpha value is -3.65. The van der Waals surface area contributed by atoms with Crippen molar-refractivity contribution in [3.8, 4) is 5.75 Å². The van der Waals surface area contributed by atoms with Gasteiger partial charge in [0, 0.05) is 6.54 Å². The predicted molar refractivity (Wildman–Crippen MR) is 131 cm³/mol. The Balaban J connectivity index is 1.32. The minimum Gasteiger partial charge on any atom is -0.485 e. The van der Waals surface area contributed by atoms with Crippen molar-refractivity contribution in [1.29, 1.82) is 0 Å². The van der Waals surface area contributed by atoms with E-state index in [1.54, 1.807) is 6.07 Å². The summed E-state index contributed by atoms with van der Waals surface area (Å²) in [5.74, 6) is 2.70. The van der Waals surface area contributed by atoms with Crippen LogP contribution in [0.1, 0.15) is 24.1 Å². The van der Waals surface area contributed by atoms with Crippen LogP contribution in [0.3, 0.4) is 0 Å². The van der Waals surface area contributed by atoms with Crippen molar-refractivity contribution >= 4 is 33.4 Å². The van der Waals surface area contributed by atoms with Crippen LogP contribution >= 0.6 is 11.8 Å². The Kier molecular flexibility index (Phi) is 5.83. The molecule has 0 spiro atoms. The van der Waals surface area contributed by atoms with Gasteiger partial charge in [0.25, 0.3) is 5.56 Å². The molecule has 33 heavy (non-hydrogen) atoms. The van der Waals surface area contributed by atoms with Gasteiger partial charge in [0.2, 0.25) is 0 Å². The molecule has 7 nitrogen and oxygen atoms in total. The van der Waals surface area contributed by atoms with Crippen LogP contribution < -0.4 is 10.3 Å². The SMILES string of the molecule is CCn1c(COc2ccc3ccccc3c2C)nnc1SCc1nc2ccccc2c(=O)[nH]1. The van der Waals surface area contributed by atoms with E-state index >= 15 is 0 Å². The minimum absolute atomic E-state index is 0.131. The number of hydrogen-bond acceptors (Lipinski definition) is 6. The number of fused-ring (bicyclic) bond motifs is 2. The van der Waals surface area contributed by atoms with E-state index in [0.29, 0.717) is 35.6 Å². The van der Waals surface area contributed by atoms with E-state index in [9.17, 15) is 4.79 Å². The quantitative estimate of drug-likeness (QED) is 0.351. The number of rotatable bonds is 7. The van der Waals surface area contributed by atoms with E-state index in [1.165, 1.54) is 22.5 Å². The Bertz CT molecular complexity index is 1510. The lowest BCUT2D eigenvalue weighted by atomic mass is 10.0. The molecule has 8 heteroatoms. The van der Waals surface area contributed by atoms with Crippen LogP contribution in [0.5, 0.6) is 5.75 Å². The zero-order valence-electron chi connectivity index (χ0n) is 18.4. The van der Waals surface area contributed by atoms with Crippen molar-refractivity contribution < 1.29 is 4.74 Å². The Morgan fingerprint density at radius 3 is 2.64 bits per heavy atom. The highest BCUT2D eigenvalue weighted by molar-refractivity contribution is 7.98. The molecule has 1 N–H and O–H groups in total. The third-order valence-electron chi connectivity index (χ3n) is 5.62. The van der Waals surface area contributed by atoms with Crippen molar-refractivity contribution in [3.63, 3.8) is 0 Å². The molecule has 0 aliphatic heterocycles. The van der Waals surface area contributed by atoms with Crippen LogP contribution in [0, 0.1) is 6.92 Å². The number of hydrogen-bond donors (Lipinski definition) is 1. The highest BCUT2D eigenvalue weighted by Crippen LogP contribution is 2.28. The highest BCUT2D eigenvalue weighted by Gasteiger charge is 2.14. The molecule has 0 aliphatic rings. The fourth-order valence-electron chi connectivity index (χ4n) is 3.89. The lowest BCUT2D eigenvalue weighted by molar-refractivity contribution is 0.287. The Morgan fingerprint density at radius 1 is 1.00 bits per heavy atom. The number of aryl methyl sites for hydroxylation is 1. The zero-order chi connectivity index (χ0) is 22.8. The number of thioether (sulfide) groups is 1. The fourth-order valence-corrected chi connectivity index (χ4v) is 4.78. The molecule has 0 saturated carbocycles. The lowest BCUT2D eigenvalue weighted by Crippen LogP contribution is -2.11. The third kappa shape index (κ3) is 4.21. The first kappa shape index (κ1) is 21.2. The zero-order valence-corrected chi connectivity index (χ0v) is 19.2. The molecule has 3 aromatic carbocycles. The van der Waals surface area contributed by atoms with Gasteiger partial charge in [-0.1, -0.05) is 54.2 Å². The van der Waals surface area contributed by atoms with Gasteiger partial charge in [-0.2, -0.15) is 0 Å². The topological polar surface area (TPSA) is 85.7 Å². The molecule has 166 valence electrons. The number of aromatic amines is 1. The first-order valence-corrected chi connectivity index (χ1v) is 11.8. The monoisotopic (exact) mass is 457 g/mol. The average Bonchev–Trinajstić information content (AvgIpc) is 3.24. The summed E-state index contributed by atoms with van der Waals surface area (Å²) in [6, 6.07) is 19.7. The molecule has 5 rings (SSSR count). The summed E-state index contributed by atoms with van der Waals surface area (Å²) in [7, 11) is 0. The number of para-hydroxylation sites is 1. The minimum atomic E-state index is -0.131. The van der Waals surface area contributed by atoms with Crippen LogP contribution in [0.25, 0.3) is 21.7 Å². The van der Waals surface area contributed by atoms with Gasteiger partial charge in [-0.15, -0.1) is 10.2 Å². The molecule has 0 bridgehead atoms. The second-order valence-corrected chi connectivity index (χ2v) is 8.60. The van der Waals surface area contributed by atoms with E-state index < -0.39 is 0 Å². The largest absolute Gasteiger partial charge is 0.485 e. The molecular formula is C25H23N5O2S. The summed E-state index contributed by atoms with van der Waals surface area (Å²) < 4.78 is 8.15. The summed E-state index contributed by atoms with van der Waals surface area (Å²) in [4.78, 5) is 19.7. The molecule has 0 fully saturated rings. The summed E-state index contributed by atoms with van der Waals surface area (Å²) in [6.45, 7) is 5.16. The van der Waals surface area contributed by atoms with E-state index in [2.05, 4.69) is 45.3 Å². The second kappa shape index (κ2) is 9.07. The third-order valence-corrected chi connectivity index (χ3v) is 6.59. The van der Waals surface area contributed by atoms with Crippen LogP contribution in [-0.4, -0.2) is 24.7 Å². The average molecular weight is 458 g/mol. The summed E-state index contributed by atoms with van der Waals surface area (Å²) >= 11 is 1.49. The van der Waals surface area contributed by atoms with Crippen LogP contribution in [0.2, 0.25) is 0 Å². The van der Waals surface area contributed by atoms with Gasteiger partial charge in [0.1, 0.15) is 18.2 Å². The molecule has 0 amide bonds. The molecule has 0 saturated heterocycles. The Labute approximate surface area is 194 Å². The standard InChI is InChI=1S/C25H23N5O2S/c1-3-30-23(14-32-21-13-12-17-8-4-5-9-18(17)16(21)2)28-29-25(30)33-15-22-26-20-11-7-6-10-19(20)24(31)27-22/h4-13H,3,14-15H2,1-2H3,(H,26,27,31). The van der Waals surface area contributed by atoms with Crippen molar-refractivity contribution in [2.24, 2.45) is 0 Å². The molecular weight excluding hydrogens is 434 g/mol. The van der Waals surface area contributed by atoms with Crippen LogP contribution in [0.15, 0.2) is 70.6 Å². The van der Waals surface area contributed by atoms with Gasteiger partial charge in [0.15, 0.2) is 11.0 Å². The summed E-state index contributed by atoms with van der Waals surface area (Å²) in [6.07, 6.45) is 0. The van der Waals surface area contributed by atoms with Crippen molar-refractivity contribution in [2.75, 3.05) is 0 Å². The number of aromatic nitrogens is 5.